The van der Waals surface area contributed by atoms with Crippen molar-refractivity contribution in [3.63, 3.8) is 0 Å². The first kappa shape index (κ1) is 20.8. The quantitative estimate of drug-likeness (QED) is 0.614. The van der Waals surface area contributed by atoms with E-state index in [-0.39, 0.29) is 36.5 Å². The Balaban J connectivity index is 1.63. The maximum absolute atomic E-state index is 13.4. The lowest BCUT2D eigenvalue weighted by molar-refractivity contribution is -0.149. The van der Waals surface area contributed by atoms with Gasteiger partial charge >= 0.3 is 0 Å². The highest BCUT2D eigenvalue weighted by Crippen LogP contribution is 2.29. The summed E-state index contributed by atoms with van der Waals surface area (Å²) in [6.07, 6.45) is 0.201. The topological polar surface area (TPSA) is 113 Å². The van der Waals surface area contributed by atoms with Crippen molar-refractivity contribution < 1.29 is 23.9 Å². The van der Waals surface area contributed by atoms with Gasteiger partial charge in [0.25, 0.3) is 11.8 Å². The molecule has 4 N–H and O–H groups in total. The molecule has 3 rings (SSSR count). The van der Waals surface area contributed by atoms with Gasteiger partial charge in [0.15, 0.2) is 0 Å². The summed E-state index contributed by atoms with van der Waals surface area (Å²) < 4.78 is 13.4. The number of halogens is 2. The molecule has 1 heterocycles. The van der Waals surface area contributed by atoms with E-state index in [2.05, 4.69) is 5.32 Å². The number of nitrogens with two attached hydrogens (primary N) is 1. The molecule has 1 atom stereocenters. The molecule has 1 aliphatic heterocycles. The SMILES string of the molecule is NC(=O)c1ccc(N2CCC(O)(C(=O)NCCc3cc(F)cc(Cl)c3)C2=O)cc1. The highest BCUT2D eigenvalue weighted by atomic mass is 35.5. The Morgan fingerprint density at radius 1 is 1.24 bits per heavy atom. The number of primary amides is 1. The van der Waals surface area contributed by atoms with Crippen LogP contribution in [0.3, 0.4) is 0 Å². The Bertz CT molecular complexity index is 946. The number of nitrogens with zero attached hydrogens (tertiary/aromatic N) is 1. The molecular formula is C20H19ClFN3O4. The van der Waals surface area contributed by atoms with Crippen LogP contribution in [0.25, 0.3) is 0 Å². The van der Waals surface area contributed by atoms with E-state index in [0.717, 1.165) is 0 Å². The molecule has 1 saturated heterocycles. The number of rotatable bonds is 6. The van der Waals surface area contributed by atoms with Crippen LogP contribution >= 0.6 is 11.6 Å². The minimum atomic E-state index is -2.19. The number of aliphatic hydroxyl groups is 1. The number of carbonyl (C=O) groups excluding carboxylic acids is 3. The molecule has 9 heteroatoms. The van der Waals surface area contributed by atoms with Crippen LogP contribution in [0.15, 0.2) is 42.5 Å². The molecule has 0 bridgehead atoms. The fourth-order valence-electron chi connectivity index (χ4n) is 3.19. The second-order valence-electron chi connectivity index (χ2n) is 6.76. The van der Waals surface area contributed by atoms with Crippen molar-refractivity contribution in [1.29, 1.82) is 0 Å². The van der Waals surface area contributed by atoms with Gasteiger partial charge in [-0.3, -0.25) is 14.4 Å². The smallest absolute Gasteiger partial charge is 0.268 e. The Hall–Kier alpha value is -2.97. The first-order valence-electron chi connectivity index (χ1n) is 8.88. The fourth-order valence-corrected chi connectivity index (χ4v) is 3.43. The van der Waals surface area contributed by atoms with Crippen LogP contribution in [-0.4, -0.2) is 41.5 Å². The summed E-state index contributed by atoms with van der Waals surface area (Å²) in [6, 6.07) is 10.0. The monoisotopic (exact) mass is 419 g/mol. The molecule has 152 valence electrons. The molecule has 29 heavy (non-hydrogen) atoms. The molecule has 1 fully saturated rings. The molecule has 0 saturated carbocycles. The van der Waals surface area contributed by atoms with Gasteiger partial charge in [-0.05, 0) is 54.4 Å². The Kier molecular flexibility index (Phi) is 5.86. The van der Waals surface area contributed by atoms with Crippen molar-refractivity contribution in [3.05, 3.63) is 64.4 Å². The zero-order valence-corrected chi connectivity index (χ0v) is 16.1. The lowest BCUT2D eigenvalue weighted by Gasteiger charge is -2.22. The van der Waals surface area contributed by atoms with Crippen LogP contribution in [0.2, 0.25) is 5.02 Å². The third-order valence-corrected chi connectivity index (χ3v) is 4.98. The molecule has 1 unspecified atom stereocenters. The number of hydrogen-bond donors (Lipinski definition) is 3. The van der Waals surface area contributed by atoms with Crippen LogP contribution in [0.4, 0.5) is 10.1 Å². The maximum Gasteiger partial charge on any atom is 0.268 e. The van der Waals surface area contributed by atoms with Crippen LogP contribution in [0, 0.1) is 5.82 Å². The van der Waals surface area contributed by atoms with Gasteiger partial charge in [-0.25, -0.2) is 4.39 Å². The lowest BCUT2D eigenvalue weighted by atomic mass is 10.0. The van der Waals surface area contributed by atoms with Gasteiger partial charge in [0, 0.05) is 35.8 Å². The van der Waals surface area contributed by atoms with E-state index in [1.165, 1.54) is 41.3 Å². The first-order chi connectivity index (χ1) is 13.7. The summed E-state index contributed by atoms with van der Waals surface area (Å²) in [6.45, 7) is 0.236. The van der Waals surface area contributed by atoms with Crippen molar-refractivity contribution in [1.82, 2.24) is 5.32 Å². The Morgan fingerprint density at radius 2 is 1.93 bits per heavy atom. The maximum atomic E-state index is 13.4. The molecule has 0 aromatic heterocycles. The molecule has 2 aromatic carbocycles. The summed E-state index contributed by atoms with van der Waals surface area (Å²) in [7, 11) is 0. The Morgan fingerprint density at radius 3 is 2.55 bits per heavy atom. The highest BCUT2D eigenvalue weighted by Gasteiger charge is 2.51. The largest absolute Gasteiger partial charge is 0.372 e. The van der Waals surface area contributed by atoms with Gasteiger partial charge in [-0.15, -0.1) is 0 Å². The molecule has 2 aromatic rings. The average molecular weight is 420 g/mol. The number of benzene rings is 2. The van der Waals surface area contributed by atoms with Gasteiger partial charge in [-0.2, -0.15) is 0 Å². The van der Waals surface area contributed by atoms with Crippen LogP contribution in [-0.2, 0) is 16.0 Å². The van der Waals surface area contributed by atoms with Crippen LogP contribution in [0.1, 0.15) is 22.3 Å². The number of carbonyl (C=O) groups is 3. The van der Waals surface area contributed by atoms with Crippen molar-refractivity contribution in [2.45, 2.75) is 18.4 Å². The normalized spacial score (nSPS) is 18.7. The highest BCUT2D eigenvalue weighted by molar-refractivity contribution is 6.30. The van der Waals surface area contributed by atoms with Crippen molar-refractivity contribution in [2.24, 2.45) is 5.73 Å². The predicted molar refractivity (Wildman–Crippen MR) is 105 cm³/mol. The van der Waals surface area contributed by atoms with E-state index in [4.69, 9.17) is 17.3 Å². The first-order valence-corrected chi connectivity index (χ1v) is 9.26. The molecule has 1 aliphatic rings. The minimum absolute atomic E-state index is 0.0823. The molecule has 3 amide bonds. The number of amides is 3. The number of anilines is 1. The molecule has 7 nitrogen and oxygen atoms in total. The standard InChI is InChI=1S/C20H19ClFN3O4/c21-14-9-12(10-15(22)11-14)5-7-24-18(27)20(29)6-8-25(19(20)28)16-3-1-13(2-4-16)17(23)26/h1-4,9-11,29H,5-8H2,(H2,23,26)(H,24,27). The summed E-state index contributed by atoms with van der Waals surface area (Å²) in [5.41, 5.74) is 4.31. The predicted octanol–water partition coefficient (Wildman–Crippen LogP) is 1.40. The summed E-state index contributed by atoms with van der Waals surface area (Å²) in [4.78, 5) is 37.5. The van der Waals surface area contributed by atoms with Gasteiger partial charge in [0.05, 0.1) is 0 Å². The molecule has 0 aliphatic carbocycles. The summed E-state index contributed by atoms with van der Waals surface area (Å²) in [5.74, 6) is -2.65. The molecule has 0 spiro atoms. The van der Waals surface area contributed by atoms with E-state index < -0.39 is 29.1 Å². The van der Waals surface area contributed by atoms with E-state index in [9.17, 15) is 23.9 Å². The summed E-state index contributed by atoms with van der Waals surface area (Å²) >= 11 is 5.79. The van der Waals surface area contributed by atoms with E-state index >= 15 is 0 Å². The molecule has 0 radical (unpaired) electrons. The number of hydrogen-bond acceptors (Lipinski definition) is 4. The zero-order valence-electron chi connectivity index (χ0n) is 15.3. The second-order valence-corrected chi connectivity index (χ2v) is 7.20. The zero-order chi connectivity index (χ0) is 21.2. The fraction of sp³-hybridized carbons (Fsp3) is 0.250. The van der Waals surface area contributed by atoms with Gasteiger partial charge in [-0.1, -0.05) is 11.6 Å². The van der Waals surface area contributed by atoms with Crippen molar-refractivity contribution in [2.75, 3.05) is 18.0 Å². The molecular weight excluding hydrogens is 401 g/mol. The van der Waals surface area contributed by atoms with Crippen molar-refractivity contribution in [3.8, 4) is 0 Å². The van der Waals surface area contributed by atoms with Crippen molar-refractivity contribution >= 4 is 35.0 Å². The van der Waals surface area contributed by atoms with E-state index in [1.807, 2.05) is 0 Å². The van der Waals surface area contributed by atoms with E-state index in [0.29, 0.717) is 11.3 Å². The second kappa shape index (κ2) is 8.18. The average Bonchev–Trinajstić information content (AvgIpc) is 2.97. The minimum Gasteiger partial charge on any atom is -0.372 e. The third kappa shape index (κ3) is 4.38. The van der Waals surface area contributed by atoms with Gasteiger partial charge in [0.2, 0.25) is 11.5 Å². The lowest BCUT2D eigenvalue weighted by Crippen LogP contribution is -2.52. The van der Waals surface area contributed by atoms with E-state index in [1.54, 1.807) is 6.07 Å². The Labute approximate surface area is 171 Å². The number of nitrogens with one attached hydrogen (secondary N) is 1. The van der Waals surface area contributed by atoms with Gasteiger partial charge in [0.1, 0.15) is 5.82 Å². The summed E-state index contributed by atoms with van der Waals surface area (Å²) in [5, 5.41) is 13.4. The van der Waals surface area contributed by atoms with Gasteiger partial charge < -0.3 is 21.1 Å². The van der Waals surface area contributed by atoms with Crippen LogP contribution < -0.4 is 16.0 Å². The third-order valence-electron chi connectivity index (χ3n) is 4.76. The van der Waals surface area contributed by atoms with Crippen LogP contribution in [0.5, 0.6) is 0 Å².